The van der Waals surface area contributed by atoms with E-state index in [0.29, 0.717) is 10.0 Å². The number of nitrogens with two attached hydrogens (primary N) is 2. The Kier molecular flexibility index (Phi) is 4.59. The first-order chi connectivity index (χ1) is 7.41. The summed E-state index contributed by atoms with van der Waals surface area (Å²) in [6.07, 6.45) is 0. The molecule has 0 heterocycles. The zero-order valence-corrected chi connectivity index (χ0v) is 10.7. The monoisotopic (exact) mass is 261 g/mol. The van der Waals surface area contributed by atoms with Crippen molar-refractivity contribution in [1.29, 1.82) is 0 Å². The van der Waals surface area contributed by atoms with E-state index in [2.05, 4.69) is 0 Å². The fourth-order valence-electron chi connectivity index (χ4n) is 1.50. The van der Waals surface area contributed by atoms with Crippen molar-refractivity contribution in [3.05, 3.63) is 33.8 Å². The Labute approximate surface area is 105 Å². The molecule has 0 radical (unpaired) electrons. The molecule has 0 aliphatic heterocycles. The second-order valence-corrected chi connectivity index (χ2v) is 4.68. The standard InChI is InChI=1S/C11H14Cl2N2O/c1-6(15-7(2)11(14)16)9-4-3-8(12)5-10(9)13/h3-7,15H,1-2H3,(H2,14,16)/p+1/t6-,7-/m0/s1. The van der Waals surface area contributed by atoms with Gasteiger partial charge in [-0.2, -0.15) is 0 Å². The minimum Gasteiger partial charge on any atom is -0.365 e. The van der Waals surface area contributed by atoms with Crippen LogP contribution < -0.4 is 11.1 Å². The lowest BCUT2D eigenvalue weighted by atomic mass is 10.1. The SMILES string of the molecule is C[C@H]([NH2+][C@@H](C)c1ccc(Cl)cc1Cl)C(N)=O. The van der Waals surface area contributed by atoms with Gasteiger partial charge in [0.25, 0.3) is 5.91 Å². The first-order valence-corrected chi connectivity index (χ1v) is 5.76. The summed E-state index contributed by atoms with van der Waals surface area (Å²) in [6.45, 7) is 3.73. The predicted octanol–water partition coefficient (Wildman–Crippen LogP) is 1.49. The summed E-state index contributed by atoms with van der Waals surface area (Å²) in [5, 5.41) is 3.08. The van der Waals surface area contributed by atoms with Gasteiger partial charge in [-0.05, 0) is 26.0 Å². The summed E-state index contributed by atoms with van der Waals surface area (Å²) in [6, 6.07) is 5.12. The van der Waals surface area contributed by atoms with Crippen molar-refractivity contribution in [2.24, 2.45) is 5.73 Å². The molecule has 3 nitrogen and oxygen atoms in total. The van der Waals surface area contributed by atoms with Crippen LogP contribution in [0.4, 0.5) is 0 Å². The topological polar surface area (TPSA) is 59.7 Å². The summed E-state index contributed by atoms with van der Waals surface area (Å²) < 4.78 is 0. The van der Waals surface area contributed by atoms with Gasteiger partial charge in [0.05, 0.1) is 5.02 Å². The Morgan fingerprint density at radius 2 is 2.00 bits per heavy atom. The quantitative estimate of drug-likeness (QED) is 0.848. The van der Waals surface area contributed by atoms with Gasteiger partial charge < -0.3 is 11.1 Å². The van der Waals surface area contributed by atoms with Crippen LogP contribution in [0.15, 0.2) is 18.2 Å². The van der Waals surface area contributed by atoms with Gasteiger partial charge in [-0.3, -0.25) is 4.79 Å². The molecular weight excluding hydrogens is 247 g/mol. The number of primary amides is 1. The molecule has 0 aromatic heterocycles. The molecule has 4 N–H and O–H groups in total. The van der Waals surface area contributed by atoms with E-state index in [1.54, 1.807) is 19.1 Å². The molecule has 0 unspecified atom stereocenters. The lowest BCUT2D eigenvalue weighted by molar-refractivity contribution is -0.710. The molecule has 1 aromatic carbocycles. The molecule has 0 spiro atoms. The first-order valence-electron chi connectivity index (χ1n) is 5.01. The third-order valence-electron chi connectivity index (χ3n) is 2.48. The Bertz CT molecular complexity index is 396. The van der Waals surface area contributed by atoms with Gasteiger partial charge in [0, 0.05) is 10.6 Å². The number of amides is 1. The largest absolute Gasteiger partial charge is 0.365 e. The van der Waals surface area contributed by atoms with E-state index in [9.17, 15) is 4.79 Å². The number of hydrogen-bond acceptors (Lipinski definition) is 1. The number of benzene rings is 1. The minimum atomic E-state index is -0.336. The number of quaternary nitrogens is 1. The number of rotatable bonds is 4. The molecule has 0 aliphatic carbocycles. The Morgan fingerprint density at radius 3 is 2.50 bits per heavy atom. The van der Waals surface area contributed by atoms with Crippen LogP contribution in [0, 0.1) is 0 Å². The Hall–Kier alpha value is -0.770. The van der Waals surface area contributed by atoms with Gasteiger partial charge in [0.15, 0.2) is 6.04 Å². The first kappa shape index (κ1) is 13.3. The number of carbonyl (C=O) groups is 1. The molecule has 16 heavy (non-hydrogen) atoms. The third kappa shape index (κ3) is 3.37. The molecular formula is C11H15Cl2N2O+. The number of carbonyl (C=O) groups excluding carboxylic acids is 1. The highest BCUT2D eigenvalue weighted by Crippen LogP contribution is 2.24. The van der Waals surface area contributed by atoms with Crippen LogP contribution in [0.2, 0.25) is 10.0 Å². The van der Waals surface area contributed by atoms with Crippen molar-refractivity contribution in [2.75, 3.05) is 0 Å². The van der Waals surface area contributed by atoms with Crippen molar-refractivity contribution in [2.45, 2.75) is 25.9 Å². The molecule has 1 aromatic rings. The molecule has 0 saturated carbocycles. The van der Waals surface area contributed by atoms with Crippen LogP contribution in [0.3, 0.4) is 0 Å². The fourth-order valence-corrected chi connectivity index (χ4v) is 2.08. The average Bonchev–Trinajstić information content (AvgIpc) is 2.16. The van der Waals surface area contributed by atoms with E-state index in [4.69, 9.17) is 28.9 Å². The Morgan fingerprint density at radius 1 is 1.38 bits per heavy atom. The van der Waals surface area contributed by atoms with E-state index in [1.807, 2.05) is 18.3 Å². The average molecular weight is 262 g/mol. The van der Waals surface area contributed by atoms with Crippen LogP contribution in [0.1, 0.15) is 25.5 Å². The molecule has 1 amide bonds. The second kappa shape index (κ2) is 5.53. The van der Waals surface area contributed by atoms with Crippen molar-refractivity contribution in [1.82, 2.24) is 0 Å². The van der Waals surface area contributed by atoms with Gasteiger partial charge in [0.1, 0.15) is 6.04 Å². The maximum atomic E-state index is 10.9. The van der Waals surface area contributed by atoms with Gasteiger partial charge >= 0.3 is 0 Å². The molecule has 2 atom stereocenters. The molecule has 0 aliphatic rings. The van der Waals surface area contributed by atoms with Crippen LogP contribution in [-0.2, 0) is 4.79 Å². The van der Waals surface area contributed by atoms with E-state index in [0.717, 1.165) is 5.56 Å². The van der Waals surface area contributed by atoms with E-state index < -0.39 is 0 Å². The van der Waals surface area contributed by atoms with Gasteiger partial charge in [-0.15, -0.1) is 0 Å². The maximum absolute atomic E-state index is 10.9. The van der Waals surface area contributed by atoms with Crippen LogP contribution in [0.25, 0.3) is 0 Å². The molecule has 88 valence electrons. The zero-order chi connectivity index (χ0) is 12.3. The molecule has 0 bridgehead atoms. The van der Waals surface area contributed by atoms with Gasteiger partial charge in [-0.25, -0.2) is 0 Å². The zero-order valence-electron chi connectivity index (χ0n) is 9.21. The lowest BCUT2D eigenvalue weighted by Gasteiger charge is -2.15. The van der Waals surface area contributed by atoms with Crippen LogP contribution in [0.5, 0.6) is 0 Å². The highest BCUT2D eigenvalue weighted by atomic mass is 35.5. The predicted molar refractivity (Wildman–Crippen MR) is 65.5 cm³/mol. The van der Waals surface area contributed by atoms with Gasteiger partial charge in [0.2, 0.25) is 0 Å². The molecule has 0 saturated heterocycles. The second-order valence-electron chi connectivity index (χ2n) is 3.84. The summed E-state index contributed by atoms with van der Waals surface area (Å²) in [7, 11) is 0. The fraction of sp³-hybridized carbons (Fsp3) is 0.364. The lowest BCUT2D eigenvalue weighted by Crippen LogP contribution is -2.92. The number of hydrogen-bond donors (Lipinski definition) is 2. The van der Waals surface area contributed by atoms with Crippen LogP contribution in [-0.4, -0.2) is 11.9 Å². The summed E-state index contributed by atoms with van der Waals surface area (Å²) in [5.41, 5.74) is 6.14. The summed E-state index contributed by atoms with van der Waals surface area (Å²) in [4.78, 5) is 10.9. The van der Waals surface area contributed by atoms with Gasteiger partial charge in [-0.1, -0.05) is 29.3 Å². The normalized spacial score (nSPS) is 14.5. The van der Waals surface area contributed by atoms with E-state index in [1.165, 1.54) is 0 Å². The highest BCUT2D eigenvalue weighted by Gasteiger charge is 2.19. The number of halogens is 2. The van der Waals surface area contributed by atoms with Crippen LogP contribution >= 0.6 is 23.2 Å². The third-order valence-corrected chi connectivity index (χ3v) is 3.04. The summed E-state index contributed by atoms with van der Waals surface area (Å²) in [5.74, 6) is -0.336. The molecule has 0 fully saturated rings. The minimum absolute atomic E-state index is 0.0623. The maximum Gasteiger partial charge on any atom is 0.275 e. The molecule has 5 heteroatoms. The van der Waals surface area contributed by atoms with Crippen molar-refractivity contribution < 1.29 is 10.1 Å². The van der Waals surface area contributed by atoms with Crippen molar-refractivity contribution in [3.8, 4) is 0 Å². The summed E-state index contributed by atoms with van der Waals surface area (Å²) >= 11 is 11.9. The van der Waals surface area contributed by atoms with Crippen molar-refractivity contribution in [3.63, 3.8) is 0 Å². The van der Waals surface area contributed by atoms with Crippen molar-refractivity contribution >= 4 is 29.1 Å². The highest BCUT2D eigenvalue weighted by molar-refractivity contribution is 6.35. The molecule has 1 rings (SSSR count). The Balaban J connectivity index is 2.80. The van der Waals surface area contributed by atoms with E-state index in [-0.39, 0.29) is 18.0 Å². The smallest absolute Gasteiger partial charge is 0.275 e. The van der Waals surface area contributed by atoms with E-state index >= 15 is 0 Å².